The number of aromatic nitrogens is 1. The number of carbonyl (C=O) groups is 1. The number of hydrogen-bond donors (Lipinski definition) is 1. The number of rotatable bonds is 1. The molecule has 2 heterocycles. The molecule has 5 nitrogen and oxygen atoms in total. The van der Waals surface area contributed by atoms with Crippen molar-refractivity contribution in [3.05, 3.63) is 28.2 Å². The molecule has 1 N–H and O–H groups in total. The molecule has 0 bridgehead atoms. The average Bonchev–Trinajstić information content (AvgIpc) is 2.34. The van der Waals surface area contributed by atoms with Gasteiger partial charge in [-0.2, -0.15) is 0 Å². The number of amides is 1. The van der Waals surface area contributed by atoms with Crippen molar-refractivity contribution in [1.29, 1.82) is 0 Å². The lowest BCUT2D eigenvalue weighted by molar-refractivity contribution is -0.130. The summed E-state index contributed by atoms with van der Waals surface area (Å²) in [5, 5.41) is 9.50. The van der Waals surface area contributed by atoms with Crippen LogP contribution < -0.4 is 5.43 Å². The summed E-state index contributed by atoms with van der Waals surface area (Å²) in [7, 11) is 0. The van der Waals surface area contributed by atoms with E-state index in [1.165, 1.54) is 12.3 Å². The van der Waals surface area contributed by atoms with Crippen LogP contribution >= 0.6 is 0 Å². The van der Waals surface area contributed by atoms with Gasteiger partial charge in [0.1, 0.15) is 0 Å². The highest BCUT2D eigenvalue weighted by Crippen LogP contribution is 2.24. The minimum atomic E-state index is -0.343. The molecule has 1 aliphatic heterocycles. The summed E-state index contributed by atoms with van der Waals surface area (Å²) in [6.45, 7) is 4.90. The molecule has 0 radical (unpaired) electrons. The molecule has 5 heteroatoms. The molecule has 98 valence electrons. The first-order valence-corrected chi connectivity index (χ1v) is 6.16. The van der Waals surface area contributed by atoms with Crippen LogP contribution in [0.4, 0.5) is 0 Å². The van der Waals surface area contributed by atoms with Gasteiger partial charge in [0.15, 0.2) is 5.75 Å². The van der Waals surface area contributed by atoms with Crippen LogP contribution in [-0.2, 0) is 4.79 Å². The van der Waals surface area contributed by atoms with Gasteiger partial charge in [0.2, 0.25) is 11.3 Å². The van der Waals surface area contributed by atoms with Crippen molar-refractivity contribution in [3.63, 3.8) is 0 Å². The van der Waals surface area contributed by atoms with Crippen molar-refractivity contribution in [2.45, 2.75) is 32.7 Å². The third-order valence-corrected chi connectivity index (χ3v) is 3.56. The van der Waals surface area contributed by atoms with Gasteiger partial charge in [0.05, 0.1) is 6.20 Å². The van der Waals surface area contributed by atoms with Gasteiger partial charge in [-0.25, -0.2) is 0 Å². The molecule has 0 atom stereocenters. The Morgan fingerprint density at radius 1 is 1.39 bits per heavy atom. The molecule has 1 amide bonds. The van der Waals surface area contributed by atoms with Crippen molar-refractivity contribution in [2.75, 3.05) is 13.1 Å². The molecule has 18 heavy (non-hydrogen) atoms. The molecule has 1 aliphatic rings. The summed E-state index contributed by atoms with van der Waals surface area (Å²) in [6.07, 6.45) is 3.21. The Bertz CT molecular complexity index is 513. The quantitative estimate of drug-likeness (QED) is 0.810. The second-order valence-corrected chi connectivity index (χ2v) is 4.81. The first kappa shape index (κ1) is 12.7. The Morgan fingerprint density at radius 3 is 2.56 bits per heavy atom. The fourth-order valence-electron chi connectivity index (χ4n) is 2.49. The van der Waals surface area contributed by atoms with E-state index >= 15 is 0 Å². The Labute approximate surface area is 106 Å². The minimum Gasteiger partial charge on any atom is -0.503 e. The van der Waals surface area contributed by atoms with E-state index in [0.29, 0.717) is 0 Å². The average molecular weight is 250 g/mol. The molecular weight excluding hydrogens is 232 g/mol. The molecule has 0 spiro atoms. The summed E-state index contributed by atoms with van der Waals surface area (Å²) in [5.74, 6) is -0.109. The standard InChI is InChI=1S/C13H18N2O3/c1-9-7-12(17)13(18)8-15(9)11-3-5-14(6-4-11)10(2)16/h7-8,11,18H,3-6H2,1-2H3. The van der Waals surface area contributed by atoms with E-state index in [0.717, 1.165) is 31.6 Å². The van der Waals surface area contributed by atoms with Gasteiger partial charge in [0, 0.05) is 37.8 Å². The maximum atomic E-state index is 11.3. The van der Waals surface area contributed by atoms with Crippen molar-refractivity contribution in [1.82, 2.24) is 9.47 Å². The zero-order chi connectivity index (χ0) is 13.3. The van der Waals surface area contributed by atoms with Crippen LogP contribution in [0.25, 0.3) is 0 Å². The van der Waals surface area contributed by atoms with Crippen molar-refractivity contribution >= 4 is 5.91 Å². The van der Waals surface area contributed by atoms with Crippen LogP contribution in [0.3, 0.4) is 0 Å². The molecule has 2 rings (SSSR count). The molecule has 1 saturated heterocycles. The van der Waals surface area contributed by atoms with Crippen LogP contribution in [0.15, 0.2) is 17.1 Å². The Morgan fingerprint density at radius 2 is 2.00 bits per heavy atom. The number of pyridine rings is 1. The number of aromatic hydroxyl groups is 1. The predicted molar refractivity (Wildman–Crippen MR) is 67.6 cm³/mol. The predicted octanol–water partition coefficient (Wildman–Crippen LogP) is 1.05. The number of hydrogen-bond acceptors (Lipinski definition) is 3. The van der Waals surface area contributed by atoms with Crippen molar-refractivity contribution in [3.8, 4) is 5.75 Å². The van der Waals surface area contributed by atoms with Gasteiger partial charge in [0.25, 0.3) is 0 Å². The highest BCUT2D eigenvalue weighted by molar-refractivity contribution is 5.73. The van der Waals surface area contributed by atoms with E-state index in [2.05, 4.69) is 0 Å². The van der Waals surface area contributed by atoms with Crippen molar-refractivity contribution in [2.24, 2.45) is 0 Å². The number of carbonyl (C=O) groups excluding carboxylic acids is 1. The lowest BCUT2D eigenvalue weighted by atomic mass is 10.0. The van der Waals surface area contributed by atoms with Gasteiger partial charge in [-0.3, -0.25) is 9.59 Å². The Kier molecular flexibility index (Phi) is 3.41. The summed E-state index contributed by atoms with van der Waals surface area (Å²) < 4.78 is 1.94. The smallest absolute Gasteiger partial charge is 0.223 e. The highest BCUT2D eigenvalue weighted by Gasteiger charge is 2.22. The van der Waals surface area contributed by atoms with E-state index in [1.54, 1.807) is 6.92 Å². The lowest BCUT2D eigenvalue weighted by Crippen LogP contribution is -2.38. The second-order valence-electron chi connectivity index (χ2n) is 4.81. The van der Waals surface area contributed by atoms with Crippen molar-refractivity contribution < 1.29 is 9.90 Å². The van der Waals surface area contributed by atoms with E-state index in [4.69, 9.17) is 0 Å². The fraction of sp³-hybridized carbons (Fsp3) is 0.538. The maximum absolute atomic E-state index is 11.3. The van der Waals surface area contributed by atoms with Gasteiger partial charge in [-0.05, 0) is 19.8 Å². The molecule has 0 unspecified atom stereocenters. The zero-order valence-electron chi connectivity index (χ0n) is 10.7. The molecule has 0 aromatic carbocycles. The largest absolute Gasteiger partial charge is 0.503 e. The van der Waals surface area contributed by atoms with Gasteiger partial charge in [-0.15, -0.1) is 0 Å². The normalized spacial score (nSPS) is 16.9. The number of aryl methyl sites for hydroxylation is 1. The lowest BCUT2D eigenvalue weighted by Gasteiger charge is -2.33. The van der Waals surface area contributed by atoms with Gasteiger partial charge in [-0.1, -0.05) is 0 Å². The van der Waals surface area contributed by atoms with Gasteiger partial charge >= 0.3 is 0 Å². The van der Waals surface area contributed by atoms with Crippen LogP contribution in [0, 0.1) is 6.92 Å². The van der Waals surface area contributed by atoms with E-state index in [-0.39, 0.29) is 23.1 Å². The summed E-state index contributed by atoms with van der Waals surface area (Å²) >= 11 is 0. The third-order valence-electron chi connectivity index (χ3n) is 3.56. The maximum Gasteiger partial charge on any atom is 0.223 e. The third kappa shape index (κ3) is 2.39. The number of likely N-dealkylation sites (tertiary alicyclic amines) is 1. The Balaban J connectivity index is 2.17. The second kappa shape index (κ2) is 4.84. The monoisotopic (exact) mass is 250 g/mol. The van der Waals surface area contributed by atoms with Crippen LogP contribution in [0.1, 0.15) is 31.5 Å². The molecule has 1 aromatic heterocycles. The summed E-state index contributed by atoms with van der Waals surface area (Å²) in [5.41, 5.74) is 0.504. The number of piperidine rings is 1. The molecular formula is C13H18N2O3. The Hall–Kier alpha value is -1.78. The summed E-state index contributed by atoms with van der Waals surface area (Å²) in [6, 6.07) is 1.69. The molecule has 0 aliphatic carbocycles. The van der Waals surface area contributed by atoms with E-state index in [9.17, 15) is 14.7 Å². The zero-order valence-corrected chi connectivity index (χ0v) is 10.7. The van der Waals surface area contributed by atoms with Gasteiger partial charge < -0.3 is 14.6 Å². The minimum absolute atomic E-state index is 0.105. The molecule has 1 aromatic rings. The fourth-order valence-corrected chi connectivity index (χ4v) is 2.49. The molecule has 0 saturated carbocycles. The first-order chi connectivity index (χ1) is 8.49. The molecule has 1 fully saturated rings. The SMILES string of the molecule is CC(=O)N1CCC(n2cc(O)c(=O)cc2C)CC1. The first-order valence-electron chi connectivity index (χ1n) is 6.16. The highest BCUT2D eigenvalue weighted by atomic mass is 16.3. The number of nitrogens with zero attached hydrogens (tertiary/aromatic N) is 2. The van der Waals surface area contributed by atoms with Crippen LogP contribution in [-0.4, -0.2) is 33.6 Å². The summed E-state index contributed by atoms with van der Waals surface area (Å²) in [4.78, 5) is 24.4. The topological polar surface area (TPSA) is 62.5 Å². The van der Waals surface area contributed by atoms with E-state index < -0.39 is 0 Å². The van der Waals surface area contributed by atoms with Crippen LogP contribution in [0.5, 0.6) is 5.75 Å². The van der Waals surface area contributed by atoms with Crippen LogP contribution in [0.2, 0.25) is 0 Å². The van der Waals surface area contributed by atoms with E-state index in [1.807, 2.05) is 16.4 Å².